The summed E-state index contributed by atoms with van der Waals surface area (Å²) >= 11 is 0. The molecule has 0 fully saturated rings. The summed E-state index contributed by atoms with van der Waals surface area (Å²) in [6.45, 7) is 6.31. The van der Waals surface area contributed by atoms with Gasteiger partial charge in [-0.15, -0.1) is 0 Å². The summed E-state index contributed by atoms with van der Waals surface area (Å²) in [7, 11) is 0. The minimum absolute atomic E-state index is 0.101. The van der Waals surface area contributed by atoms with Gasteiger partial charge in [-0.25, -0.2) is 0 Å². The first-order valence-corrected chi connectivity index (χ1v) is 6.54. The average Bonchev–Trinajstić information content (AvgIpc) is 2.27. The van der Waals surface area contributed by atoms with Gasteiger partial charge in [-0.05, 0) is 44.2 Å². The fraction of sp³-hybridized carbons (Fsp3) is 0.600. The molecule has 1 rings (SSSR count). The van der Waals surface area contributed by atoms with Gasteiger partial charge in [0.15, 0.2) is 0 Å². The molecular weight excluding hydrogens is 210 g/mol. The minimum Gasteiger partial charge on any atom is -0.392 e. The number of hydrogen-bond acceptors (Lipinski definition) is 2. The second kappa shape index (κ2) is 6.77. The summed E-state index contributed by atoms with van der Waals surface area (Å²) in [4.78, 5) is 0. The molecule has 0 aromatic heterocycles. The Kier molecular flexibility index (Phi) is 5.66. The van der Waals surface area contributed by atoms with Crippen molar-refractivity contribution in [1.29, 1.82) is 0 Å². The van der Waals surface area contributed by atoms with E-state index in [2.05, 4.69) is 39.0 Å². The molecule has 0 saturated carbocycles. The van der Waals surface area contributed by atoms with Crippen LogP contribution in [-0.4, -0.2) is 17.3 Å². The van der Waals surface area contributed by atoms with Gasteiger partial charge in [0.2, 0.25) is 0 Å². The van der Waals surface area contributed by atoms with Crippen molar-refractivity contribution in [3.63, 3.8) is 0 Å². The Balaban J connectivity index is 2.49. The van der Waals surface area contributed by atoms with Crippen LogP contribution in [0.5, 0.6) is 0 Å². The molecule has 0 amide bonds. The second-order valence-corrected chi connectivity index (χ2v) is 4.99. The molecule has 3 N–H and O–H groups in total. The largest absolute Gasteiger partial charge is 0.392 e. The molecular formula is C15H25NO. The molecule has 17 heavy (non-hydrogen) atoms. The van der Waals surface area contributed by atoms with Gasteiger partial charge >= 0.3 is 0 Å². The lowest BCUT2D eigenvalue weighted by Gasteiger charge is -2.18. The molecule has 2 atom stereocenters. The molecule has 1 aromatic carbocycles. The molecule has 96 valence electrons. The molecule has 0 aliphatic rings. The third kappa shape index (κ3) is 4.49. The van der Waals surface area contributed by atoms with Gasteiger partial charge in [0.05, 0.1) is 6.10 Å². The van der Waals surface area contributed by atoms with E-state index < -0.39 is 0 Å². The van der Waals surface area contributed by atoms with E-state index in [4.69, 9.17) is 5.73 Å². The maximum Gasteiger partial charge on any atom is 0.0691 e. The third-order valence-corrected chi connectivity index (χ3v) is 3.32. The van der Waals surface area contributed by atoms with Gasteiger partial charge in [-0.3, -0.25) is 0 Å². The summed E-state index contributed by atoms with van der Waals surface area (Å²) in [5.41, 5.74) is 9.94. The molecule has 0 unspecified atom stereocenters. The number of nitrogens with two attached hydrogens (primary N) is 1. The highest BCUT2D eigenvalue weighted by Crippen LogP contribution is 2.14. The smallest absolute Gasteiger partial charge is 0.0691 e. The normalized spacial score (nSPS) is 14.6. The van der Waals surface area contributed by atoms with E-state index in [1.54, 1.807) is 0 Å². The Morgan fingerprint density at radius 1 is 1.24 bits per heavy atom. The van der Waals surface area contributed by atoms with Crippen LogP contribution in [0.15, 0.2) is 18.2 Å². The van der Waals surface area contributed by atoms with Crippen LogP contribution in [0, 0.1) is 13.8 Å². The Labute approximate surface area is 105 Å². The lowest BCUT2D eigenvalue weighted by atomic mass is 9.96. The molecule has 0 aliphatic heterocycles. The predicted molar refractivity (Wildman–Crippen MR) is 73.1 cm³/mol. The summed E-state index contributed by atoms with van der Waals surface area (Å²) in [6, 6.07) is 6.40. The number of aliphatic hydroxyl groups is 1. The average molecular weight is 235 g/mol. The van der Waals surface area contributed by atoms with Crippen molar-refractivity contribution in [3.8, 4) is 0 Å². The van der Waals surface area contributed by atoms with Crippen LogP contribution >= 0.6 is 0 Å². The van der Waals surface area contributed by atoms with Crippen molar-refractivity contribution < 1.29 is 5.11 Å². The van der Waals surface area contributed by atoms with Crippen molar-refractivity contribution in [3.05, 3.63) is 34.9 Å². The number of aryl methyl sites for hydroxylation is 3. The number of benzene rings is 1. The summed E-state index contributed by atoms with van der Waals surface area (Å²) in [5, 5.41) is 9.78. The highest BCUT2D eigenvalue weighted by Gasteiger charge is 2.13. The first-order valence-electron chi connectivity index (χ1n) is 6.54. The molecule has 2 heteroatoms. The zero-order valence-electron chi connectivity index (χ0n) is 11.2. The maximum atomic E-state index is 9.78. The lowest BCUT2D eigenvalue weighted by Crippen LogP contribution is -2.34. The number of rotatable bonds is 6. The maximum absolute atomic E-state index is 9.78. The van der Waals surface area contributed by atoms with Crippen molar-refractivity contribution in [2.75, 3.05) is 0 Å². The zero-order chi connectivity index (χ0) is 12.8. The molecule has 2 nitrogen and oxygen atoms in total. The topological polar surface area (TPSA) is 46.2 Å². The van der Waals surface area contributed by atoms with Crippen LogP contribution < -0.4 is 5.73 Å². The minimum atomic E-state index is -0.356. The van der Waals surface area contributed by atoms with Crippen molar-refractivity contribution in [2.45, 2.75) is 58.6 Å². The molecule has 0 bridgehead atoms. The Hall–Kier alpha value is -0.860. The van der Waals surface area contributed by atoms with Crippen molar-refractivity contribution in [1.82, 2.24) is 0 Å². The summed E-state index contributed by atoms with van der Waals surface area (Å²) in [6.07, 6.45) is 3.23. The summed E-state index contributed by atoms with van der Waals surface area (Å²) in [5.74, 6) is 0. The Bertz CT molecular complexity index is 349. The van der Waals surface area contributed by atoms with Crippen LogP contribution in [0.4, 0.5) is 0 Å². The van der Waals surface area contributed by atoms with E-state index >= 15 is 0 Å². The van der Waals surface area contributed by atoms with Crippen LogP contribution in [0.2, 0.25) is 0 Å². The predicted octanol–water partition coefficient (Wildman–Crippen LogP) is 2.72. The van der Waals surface area contributed by atoms with E-state index in [0.29, 0.717) is 0 Å². The zero-order valence-corrected chi connectivity index (χ0v) is 11.2. The molecule has 0 radical (unpaired) electrons. The van der Waals surface area contributed by atoms with Gasteiger partial charge in [-0.2, -0.15) is 0 Å². The second-order valence-electron chi connectivity index (χ2n) is 4.99. The fourth-order valence-corrected chi connectivity index (χ4v) is 2.15. The van der Waals surface area contributed by atoms with Gasteiger partial charge in [-0.1, -0.05) is 37.1 Å². The molecule has 1 aromatic rings. The van der Waals surface area contributed by atoms with Crippen LogP contribution in [0.25, 0.3) is 0 Å². The van der Waals surface area contributed by atoms with Crippen molar-refractivity contribution >= 4 is 0 Å². The monoisotopic (exact) mass is 235 g/mol. The van der Waals surface area contributed by atoms with Crippen molar-refractivity contribution in [2.24, 2.45) is 5.73 Å². The summed E-state index contributed by atoms with van der Waals surface area (Å²) < 4.78 is 0. The molecule has 0 aliphatic carbocycles. The first kappa shape index (κ1) is 14.2. The van der Waals surface area contributed by atoms with E-state index in [9.17, 15) is 5.11 Å². The van der Waals surface area contributed by atoms with Gasteiger partial charge < -0.3 is 10.8 Å². The van der Waals surface area contributed by atoms with E-state index in [1.807, 2.05) is 0 Å². The van der Waals surface area contributed by atoms with E-state index in [-0.39, 0.29) is 12.1 Å². The van der Waals surface area contributed by atoms with Gasteiger partial charge in [0.25, 0.3) is 0 Å². The van der Waals surface area contributed by atoms with Crippen LogP contribution in [0.3, 0.4) is 0 Å². The number of hydrogen-bond donors (Lipinski definition) is 2. The standard InChI is InChI=1S/C15H25NO/c1-4-5-15(17)14(16)9-8-13-7-6-11(2)10-12(13)3/h6-7,10,14-15,17H,4-5,8-9,16H2,1-3H3/t14-,15-/m0/s1. The number of aliphatic hydroxyl groups excluding tert-OH is 1. The lowest BCUT2D eigenvalue weighted by molar-refractivity contribution is 0.130. The van der Waals surface area contributed by atoms with Crippen LogP contribution in [-0.2, 0) is 6.42 Å². The SMILES string of the molecule is CCC[C@H](O)[C@@H](N)CCc1ccc(C)cc1C. The quantitative estimate of drug-likeness (QED) is 0.796. The van der Waals surface area contributed by atoms with Gasteiger partial charge in [0.1, 0.15) is 0 Å². The Morgan fingerprint density at radius 3 is 2.53 bits per heavy atom. The molecule has 0 heterocycles. The molecule has 0 spiro atoms. The van der Waals surface area contributed by atoms with Gasteiger partial charge in [0, 0.05) is 6.04 Å². The fourth-order valence-electron chi connectivity index (χ4n) is 2.15. The first-order chi connectivity index (χ1) is 8.04. The highest BCUT2D eigenvalue weighted by molar-refractivity contribution is 5.30. The highest BCUT2D eigenvalue weighted by atomic mass is 16.3. The molecule has 0 saturated heterocycles. The van der Waals surface area contributed by atoms with E-state index in [1.165, 1.54) is 16.7 Å². The van der Waals surface area contributed by atoms with Crippen LogP contribution in [0.1, 0.15) is 42.9 Å². The third-order valence-electron chi connectivity index (χ3n) is 3.32. The van der Waals surface area contributed by atoms with E-state index in [0.717, 1.165) is 25.7 Å². The Morgan fingerprint density at radius 2 is 1.94 bits per heavy atom.